The zero-order chi connectivity index (χ0) is 31.0. The minimum absolute atomic E-state index is 0.0776. The van der Waals surface area contributed by atoms with Crippen molar-refractivity contribution in [1.29, 1.82) is 0 Å². The fourth-order valence-electron chi connectivity index (χ4n) is 5.61. The summed E-state index contributed by atoms with van der Waals surface area (Å²) in [6.07, 6.45) is 2.46. The summed E-state index contributed by atoms with van der Waals surface area (Å²) in [4.78, 5) is 15.4. The Labute approximate surface area is 249 Å². The van der Waals surface area contributed by atoms with Gasteiger partial charge in [-0.25, -0.2) is 4.79 Å². The summed E-state index contributed by atoms with van der Waals surface area (Å²) in [7, 11) is 3.34. The van der Waals surface area contributed by atoms with E-state index in [4.69, 9.17) is 23.7 Å². The minimum Gasteiger partial charge on any atom is -0.493 e. The molecule has 0 bridgehead atoms. The van der Waals surface area contributed by atoms with Gasteiger partial charge < -0.3 is 28.8 Å². The lowest BCUT2D eigenvalue weighted by Crippen LogP contribution is -2.51. The van der Waals surface area contributed by atoms with Crippen molar-refractivity contribution < 1.29 is 33.6 Å². The number of carbonyl (C=O) groups excluding carboxylic acids is 1. The largest absolute Gasteiger partial charge is 0.493 e. The number of benzene rings is 1. The van der Waals surface area contributed by atoms with Gasteiger partial charge in [-0.3, -0.25) is 4.90 Å². The molecule has 8 heteroatoms. The van der Waals surface area contributed by atoms with Crippen LogP contribution in [0, 0.1) is 23.7 Å². The first-order valence-corrected chi connectivity index (χ1v) is 15.2. The molecule has 0 radical (unpaired) electrons. The Morgan fingerprint density at radius 2 is 1.68 bits per heavy atom. The fourth-order valence-corrected chi connectivity index (χ4v) is 5.61. The number of rotatable bonds is 15. The van der Waals surface area contributed by atoms with Crippen molar-refractivity contribution in [2.45, 2.75) is 111 Å². The molecule has 0 spiro atoms. The van der Waals surface area contributed by atoms with Crippen LogP contribution in [0.15, 0.2) is 18.2 Å². The van der Waals surface area contributed by atoms with Crippen molar-refractivity contribution in [3.63, 3.8) is 0 Å². The molecule has 1 aromatic rings. The second-order valence-corrected chi connectivity index (χ2v) is 13.6. The third-order valence-corrected chi connectivity index (χ3v) is 8.05. The average Bonchev–Trinajstić information content (AvgIpc) is 3.12. The standard InChI is InChI=1S/C33H57NO7/c1-22(2)25(17-24-13-14-28(38-11)30(18-24)39-16-12-15-37-10)19-27-29(20-26(21-35)23(3)4)40-33(8,9)34(27)31(36)41-32(5,6)7/h13-14,18,22-23,25-27,29,35H,12,15-17,19-21H2,1-11H3/t25-,26+,27?,29?/m0/s1. The maximum Gasteiger partial charge on any atom is 0.412 e. The number of hydrogen-bond acceptors (Lipinski definition) is 7. The van der Waals surface area contributed by atoms with Gasteiger partial charge in [0, 0.05) is 26.7 Å². The van der Waals surface area contributed by atoms with Gasteiger partial charge in [0.2, 0.25) is 0 Å². The van der Waals surface area contributed by atoms with Crippen LogP contribution in [0.3, 0.4) is 0 Å². The van der Waals surface area contributed by atoms with Crippen molar-refractivity contribution in [3.05, 3.63) is 23.8 Å². The van der Waals surface area contributed by atoms with E-state index in [0.717, 1.165) is 30.6 Å². The molecule has 8 nitrogen and oxygen atoms in total. The quantitative estimate of drug-likeness (QED) is 0.231. The number of aliphatic hydroxyl groups is 1. The predicted molar refractivity (Wildman–Crippen MR) is 162 cm³/mol. The van der Waals surface area contributed by atoms with Crippen LogP contribution in [0.1, 0.15) is 87.1 Å². The van der Waals surface area contributed by atoms with Gasteiger partial charge in [0.25, 0.3) is 0 Å². The van der Waals surface area contributed by atoms with Crippen LogP contribution in [-0.4, -0.2) is 73.6 Å². The molecule has 1 heterocycles. The van der Waals surface area contributed by atoms with Gasteiger partial charge in [-0.05, 0) is 95.2 Å². The zero-order valence-electron chi connectivity index (χ0n) is 27.5. The molecule has 1 N–H and O–H groups in total. The average molecular weight is 580 g/mol. The highest BCUT2D eigenvalue weighted by Gasteiger charge is 2.52. The van der Waals surface area contributed by atoms with Crippen molar-refractivity contribution in [2.75, 3.05) is 34.0 Å². The molecule has 41 heavy (non-hydrogen) atoms. The molecule has 0 aliphatic carbocycles. The normalized spacial score (nSPS) is 20.4. The maximum atomic E-state index is 13.6. The van der Waals surface area contributed by atoms with Gasteiger partial charge in [0.05, 0.1) is 25.9 Å². The lowest BCUT2D eigenvalue weighted by Gasteiger charge is -2.37. The zero-order valence-corrected chi connectivity index (χ0v) is 27.5. The van der Waals surface area contributed by atoms with E-state index in [1.54, 1.807) is 14.2 Å². The van der Waals surface area contributed by atoms with E-state index in [0.29, 0.717) is 37.2 Å². The van der Waals surface area contributed by atoms with Crippen LogP contribution >= 0.6 is 0 Å². The molecule has 0 saturated carbocycles. The Bertz CT molecular complexity index is 940. The number of methoxy groups -OCH3 is 2. The molecule has 1 aliphatic rings. The Kier molecular flexibility index (Phi) is 13.2. The molecule has 236 valence electrons. The van der Waals surface area contributed by atoms with Crippen LogP contribution in [0.4, 0.5) is 4.79 Å². The summed E-state index contributed by atoms with van der Waals surface area (Å²) in [5, 5.41) is 10.1. The third-order valence-electron chi connectivity index (χ3n) is 8.05. The Morgan fingerprint density at radius 3 is 2.22 bits per heavy atom. The summed E-state index contributed by atoms with van der Waals surface area (Å²) < 4.78 is 29.2. The Balaban J connectivity index is 2.39. The van der Waals surface area contributed by atoms with Crippen LogP contribution in [0.5, 0.6) is 11.5 Å². The summed E-state index contributed by atoms with van der Waals surface area (Å²) in [6, 6.07) is 5.93. The van der Waals surface area contributed by atoms with Gasteiger partial charge >= 0.3 is 6.09 Å². The van der Waals surface area contributed by atoms with Crippen molar-refractivity contribution >= 4 is 6.09 Å². The van der Waals surface area contributed by atoms with Gasteiger partial charge in [0.15, 0.2) is 11.5 Å². The summed E-state index contributed by atoms with van der Waals surface area (Å²) in [6.45, 7) is 19.5. The van der Waals surface area contributed by atoms with Crippen LogP contribution < -0.4 is 9.47 Å². The first-order valence-electron chi connectivity index (χ1n) is 15.2. The van der Waals surface area contributed by atoms with Crippen molar-refractivity contribution in [2.24, 2.45) is 23.7 Å². The lowest BCUT2D eigenvalue weighted by atomic mass is 9.80. The smallest absolute Gasteiger partial charge is 0.412 e. The van der Waals surface area contributed by atoms with Crippen molar-refractivity contribution in [3.8, 4) is 11.5 Å². The predicted octanol–water partition coefficient (Wildman–Crippen LogP) is 6.71. The highest BCUT2D eigenvalue weighted by molar-refractivity contribution is 5.70. The molecule has 1 saturated heterocycles. The van der Waals surface area contributed by atoms with E-state index in [-0.39, 0.29) is 36.7 Å². The molecule has 1 aromatic carbocycles. The summed E-state index contributed by atoms with van der Waals surface area (Å²) in [5.74, 6) is 2.42. The van der Waals surface area contributed by atoms with Gasteiger partial charge in [0.1, 0.15) is 11.3 Å². The Morgan fingerprint density at radius 1 is 1.02 bits per heavy atom. The van der Waals surface area contributed by atoms with Crippen LogP contribution in [0.2, 0.25) is 0 Å². The number of aliphatic hydroxyl groups excluding tert-OH is 1. The van der Waals surface area contributed by atoms with Crippen LogP contribution in [0.25, 0.3) is 0 Å². The molecule has 4 atom stereocenters. The number of ether oxygens (including phenoxy) is 5. The molecule has 0 aromatic heterocycles. The second-order valence-electron chi connectivity index (χ2n) is 13.6. The highest BCUT2D eigenvalue weighted by Crippen LogP contribution is 2.41. The SMILES string of the molecule is COCCCOc1cc(C[C@@H](CC2C(C[C@H](CO)C(C)C)OC(C)(C)N2C(=O)OC(C)(C)C)C(C)C)ccc1OC. The van der Waals surface area contributed by atoms with Crippen molar-refractivity contribution in [1.82, 2.24) is 4.90 Å². The second kappa shape index (κ2) is 15.4. The number of nitrogens with zero attached hydrogens (tertiary/aromatic N) is 1. The number of hydrogen-bond donors (Lipinski definition) is 1. The maximum absolute atomic E-state index is 13.6. The molecule has 2 unspecified atom stereocenters. The molecular formula is C33H57NO7. The lowest BCUT2D eigenvalue weighted by molar-refractivity contribution is -0.0841. The van der Waals surface area contributed by atoms with E-state index >= 15 is 0 Å². The molecule has 1 aliphatic heterocycles. The summed E-state index contributed by atoms with van der Waals surface area (Å²) >= 11 is 0. The Hall–Kier alpha value is -2.03. The van der Waals surface area contributed by atoms with Gasteiger partial charge in [-0.2, -0.15) is 0 Å². The first-order chi connectivity index (χ1) is 19.1. The van der Waals surface area contributed by atoms with E-state index in [1.807, 2.05) is 45.6 Å². The van der Waals surface area contributed by atoms with E-state index in [2.05, 4.69) is 39.8 Å². The third kappa shape index (κ3) is 10.3. The van der Waals surface area contributed by atoms with E-state index in [9.17, 15) is 9.90 Å². The minimum atomic E-state index is -0.834. The topological polar surface area (TPSA) is 86.7 Å². The monoisotopic (exact) mass is 579 g/mol. The fraction of sp³-hybridized carbons (Fsp3) is 0.788. The van der Waals surface area contributed by atoms with Gasteiger partial charge in [-0.15, -0.1) is 0 Å². The summed E-state index contributed by atoms with van der Waals surface area (Å²) in [5.41, 5.74) is -0.304. The molecule has 2 rings (SSSR count). The number of carbonyl (C=O) groups is 1. The number of amides is 1. The molecule has 1 fully saturated rings. The van der Waals surface area contributed by atoms with E-state index < -0.39 is 11.3 Å². The van der Waals surface area contributed by atoms with Gasteiger partial charge in [-0.1, -0.05) is 33.8 Å². The molecular weight excluding hydrogens is 522 g/mol. The van der Waals surface area contributed by atoms with E-state index in [1.165, 1.54) is 0 Å². The van der Waals surface area contributed by atoms with Crippen LogP contribution in [-0.2, 0) is 20.6 Å². The highest BCUT2D eigenvalue weighted by atomic mass is 16.6. The first kappa shape index (κ1) is 35.2. The molecule has 1 amide bonds.